The smallest absolute Gasteiger partial charge is 0.244 e. The van der Waals surface area contributed by atoms with Gasteiger partial charge in [-0.2, -0.15) is 5.10 Å². The SMILES string of the molecule is COC1(CNS(=O)(=O)c2cn[nH]c2C)CCOC1. The van der Waals surface area contributed by atoms with E-state index in [-0.39, 0.29) is 11.4 Å². The first-order chi connectivity index (χ1) is 8.49. The Morgan fingerprint density at radius 2 is 2.44 bits per heavy atom. The van der Waals surface area contributed by atoms with Crippen molar-refractivity contribution in [2.24, 2.45) is 0 Å². The van der Waals surface area contributed by atoms with Crippen LogP contribution in [-0.2, 0) is 19.5 Å². The Hall–Kier alpha value is -0.960. The fourth-order valence-electron chi connectivity index (χ4n) is 1.88. The summed E-state index contributed by atoms with van der Waals surface area (Å²) in [6.07, 6.45) is 1.97. The van der Waals surface area contributed by atoms with Gasteiger partial charge in [-0.1, -0.05) is 0 Å². The highest BCUT2D eigenvalue weighted by atomic mass is 32.2. The molecule has 1 aliphatic heterocycles. The maximum Gasteiger partial charge on any atom is 0.244 e. The number of nitrogens with zero attached hydrogens (tertiary/aromatic N) is 1. The summed E-state index contributed by atoms with van der Waals surface area (Å²) in [6.45, 7) is 2.83. The zero-order valence-electron chi connectivity index (χ0n) is 10.4. The minimum absolute atomic E-state index is 0.160. The van der Waals surface area contributed by atoms with Crippen molar-refractivity contribution in [1.29, 1.82) is 0 Å². The van der Waals surface area contributed by atoms with E-state index in [1.165, 1.54) is 6.20 Å². The average molecular weight is 275 g/mol. The molecule has 1 aromatic rings. The van der Waals surface area contributed by atoms with Gasteiger partial charge in [0.25, 0.3) is 0 Å². The van der Waals surface area contributed by atoms with E-state index < -0.39 is 15.6 Å². The van der Waals surface area contributed by atoms with Crippen LogP contribution in [0, 0.1) is 6.92 Å². The second-order valence-electron chi connectivity index (χ2n) is 4.37. The summed E-state index contributed by atoms with van der Waals surface area (Å²) >= 11 is 0. The molecule has 0 aliphatic carbocycles. The van der Waals surface area contributed by atoms with Crippen LogP contribution in [0.2, 0.25) is 0 Å². The van der Waals surface area contributed by atoms with Crippen LogP contribution in [-0.4, -0.2) is 51.1 Å². The lowest BCUT2D eigenvalue weighted by Gasteiger charge is -2.25. The third kappa shape index (κ3) is 2.56. The molecule has 2 heterocycles. The van der Waals surface area contributed by atoms with Crippen LogP contribution in [0.4, 0.5) is 0 Å². The van der Waals surface area contributed by atoms with Crippen molar-refractivity contribution >= 4 is 10.0 Å². The van der Waals surface area contributed by atoms with Gasteiger partial charge in [-0.15, -0.1) is 0 Å². The van der Waals surface area contributed by atoms with Crippen molar-refractivity contribution in [2.45, 2.75) is 23.8 Å². The first-order valence-electron chi connectivity index (χ1n) is 5.62. The van der Waals surface area contributed by atoms with Crippen molar-refractivity contribution in [3.05, 3.63) is 11.9 Å². The van der Waals surface area contributed by atoms with Gasteiger partial charge >= 0.3 is 0 Å². The van der Waals surface area contributed by atoms with Gasteiger partial charge in [0.05, 0.1) is 18.5 Å². The van der Waals surface area contributed by atoms with Gasteiger partial charge in [0.15, 0.2) is 0 Å². The number of hydrogen-bond acceptors (Lipinski definition) is 5. The normalized spacial score (nSPS) is 24.6. The molecule has 1 atom stereocenters. The highest BCUT2D eigenvalue weighted by Gasteiger charge is 2.36. The van der Waals surface area contributed by atoms with Crippen molar-refractivity contribution < 1.29 is 17.9 Å². The fraction of sp³-hybridized carbons (Fsp3) is 0.700. The molecule has 2 N–H and O–H groups in total. The van der Waals surface area contributed by atoms with Crippen LogP contribution >= 0.6 is 0 Å². The van der Waals surface area contributed by atoms with Crippen LogP contribution in [0.5, 0.6) is 0 Å². The van der Waals surface area contributed by atoms with Gasteiger partial charge < -0.3 is 9.47 Å². The number of nitrogens with one attached hydrogen (secondary N) is 2. The number of ether oxygens (including phenoxy) is 2. The summed E-state index contributed by atoms with van der Waals surface area (Å²) in [5, 5.41) is 6.31. The Labute approximate surface area is 106 Å². The predicted octanol–water partition coefficient (Wildman–Crippen LogP) is -0.198. The largest absolute Gasteiger partial charge is 0.378 e. The quantitative estimate of drug-likeness (QED) is 0.776. The van der Waals surface area contributed by atoms with E-state index in [4.69, 9.17) is 9.47 Å². The second-order valence-corrected chi connectivity index (χ2v) is 6.11. The highest BCUT2D eigenvalue weighted by molar-refractivity contribution is 7.89. The van der Waals surface area contributed by atoms with E-state index in [0.29, 0.717) is 25.3 Å². The molecule has 102 valence electrons. The molecular weight excluding hydrogens is 258 g/mol. The van der Waals surface area contributed by atoms with Gasteiger partial charge in [-0.05, 0) is 6.92 Å². The molecule has 0 radical (unpaired) electrons. The van der Waals surface area contributed by atoms with Gasteiger partial charge in [-0.25, -0.2) is 13.1 Å². The summed E-state index contributed by atoms with van der Waals surface area (Å²) < 4.78 is 37.3. The third-order valence-corrected chi connectivity index (χ3v) is 4.67. The zero-order chi connectivity index (χ0) is 13.2. The Morgan fingerprint density at radius 1 is 1.67 bits per heavy atom. The Kier molecular flexibility index (Phi) is 3.71. The molecule has 7 nitrogen and oxygen atoms in total. The monoisotopic (exact) mass is 275 g/mol. The standard InChI is InChI=1S/C10H17N3O4S/c1-8-9(5-11-13-8)18(14,15)12-6-10(16-2)3-4-17-7-10/h5,12H,3-4,6-7H2,1-2H3,(H,11,13). The number of rotatable bonds is 5. The lowest BCUT2D eigenvalue weighted by Crippen LogP contribution is -2.44. The van der Waals surface area contributed by atoms with Crippen LogP contribution in [0.1, 0.15) is 12.1 Å². The molecule has 0 bridgehead atoms. The van der Waals surface area contributed by atoms with Gasteiger partial charge in [0.1, 0.15) is 10.5 Å². The van der Waals surface area contributed by atoms with Crippen LogP contribution < -0.4 is 4.72 Å². The zero-order valence-corrected chi connectivity index (χ0v) is 11.2. The summed E-state index contributed by atoms with van der Waals surface area (Å²) in [4.78, 5) is 0.160. The molecule has 0 spiro atoms. The first kappa shape index (κ1) is 13.5. The fourth-order valence-corrected chi connectivity index (χ4v) is 3.12. The Balaban J connectivity index is 2.08. The number of methoxy groups -OCH3 is 1. The summed E-state index contributed by atoms with van der Waals surface area (Å²) in [7, 11) is -2.00. The molecular formula is C10H17N3O4S. The average Bonchev–Trinajstić information content (AvgIpc) is 2.96. The van der Waals surface area contributed by atoms with Crippen LogP contribution in [0.3, 0.4) is 0 Å². The molecule has 1 aliphatic rings. The van der Waals surface area contributed by atoms with E-state index in [0.717, 1.165) is 0 Å². The van der Waals surface area contributed by atoms with Crippen molar-refractivity contribution in [2.75, 3.05) is 26.9 Å². The number of aryl methyl sites for hydroxylation is 1. The second kappa shape index (κ2) is 4.96. The molecule has 1 saturated heterocycles. The minimum atomic E-state index is -3.56. The summed E-state index contributed by atoms with van der Waals surface area (Å²) in [5.41, 5.74) is -0.0540. The number of aromatic amines is 1. The predicted molar refractivity (Wildman–Crippen MR) is 63.7 cm³/mol. The number of aromatic nitrogens is 2. The highest BCUT2D eigenvalue weighted by Crippen LogP contribution is 2.22. The molecule has 0 amide bonds. The Bertz CT molecular complexity index is 505. The molecule has 1 aromatic heterocycles. The molecule has 0 aromatic carbocycles. The first-order valence-corrected chi connectivity index (χ1v) is 7.10. The third-order valence-electron chi connectivity index (χ3n) is 3.16. The topological polar surface area (TPSA) is 93.3 Å². The maximum absolute atomic E-state index is 12.1. The lowest BCUT2D eigenvalue weighted by molar-refractivity contribution is -0.0120. The molecule has 0 saturated carbocycles. The van der Waals surface area contributed by atoms with Crippen molar-refractivity contribution in [3.8, 4) is 0 Å². The van der Waals surface area contributed by atoms with Gasteiger partial charge in [0, 0.05) is 26.7 Å². The van der Waals surface area contributed by atoms with E-state index in [2.05, 4.69) is 14.9 Å². The minimum Gasteiger partial charge on any atom is -0.378 e. The van der Waals surface area contributed by atoms with E-state index in [1.54, 1.807) is 14.0 Å². The van der Waals surface area contributed by atoms with Gasteiger partial charge in [-0.3, -0.25) is 5.10 Å². The number of H-pyrrole nitrogens is 1. The lowest BCUT2D eigenvalue weighted by atomic mass is 10.0. The molecule has 18 heavy (non-hydrogen) atoms. The number of hydrogen-bond donors (Lipinski definition) is 2. The van der Waals surface area contributed by atoms with Crippen LogP contribution in [0.15, 0.2) is 11.1 Å². The van der Waals surface area contributed by atoms with E-state index >= 15 is 0 Å². The molecule has 1 fully saturated rings. The maximum atomic E-state index is 12.1. The molecule has 2 rings (SSSR count). The van der Waals surface area contributed by atoms with Gasteiger partial charge in [0.2, 0.25) is 10.0 Å². The molecule has 1 unspecified atom stereocenters. The van der Waals surface area contributed by atoms with Crippen molar-refractivity contribution in [3.63, 3.8) is 0 Å². The molecule has 8 heteroatoms. The summed E-state index contributed by atoms with van der Waals surface area (Å²) in [5.74, 6) is 0. The van der Waals surface area contributed by atoms with E-state index in [9.17, 15) is 8.42 Å². The number of sulfonamides is 1. The Morgan fingerprint density at radius 3 is 2.94 bits per heavy atom. The summed E-state index contributed by atoms with van der Waals surface area (Å²) in [6, 6.07) is 0. The van der Waals surface area contributed by atoms with E-state index in [1.807, 2.05) is 0 Å². The van der Waals surface area contributed by atoms with Crippen molar-refractivity contribution in [1.82, 2.24) is 14.9 Å². The van der Waals surface area contributed by atoms with Crippen LogP contribution in [0.25, 0.3) is 0 Å².